The standard InChI is InChI=1S/C11H17N3O2S.CH2Cl2/c1-13-6-8-14(9-7-13)17(15,16)11-4-2-10(12)3-5-11;2-1-3/h2-5H,6-9,12H2,1H3;1H2. The largest absolute Gasteiger partial charge is 0.399 e. The molecule has 0 atom stereocenters. The summed E-state index contributed by atoms with van der Waals surface area (Å²) in [5, 5.41) is 0.194. The van der Waals surface area contributed by atoms with Crippen LogP contribution in [0.15, 0.2) is 29.2 Å². The number of nitrogens with two attached hydrogens (primary N) is 1. The summed E-state index contributed by atoms with van der Waals surface area (Å²) in [6, 6.07) is 6.35. The molecule has 0 saturated carbocycles. The minimum atomic E-state index is -3.35. The molecule has 1 aromatic carbocycles. The molecule has 1 aromatic rings. The fourth-order valence-corrected chi connectivity index (χ4v) is 3.24. The Balaban J connectivity index is 0.000000612. The van der Waals surface area contributed by atoms with Crippen LogP contribution in [0.4, 0.5) is 5.69 Å². The third-order valence-corrected chi connectivity index (χ3v) is 4.89. The van der Waals surface area contributed by atoms with Crippen LogP contribution in [0.1, 0.15) is 0 Å². The van der Waals surface area contributed by atoms with Crippen LogP contribution < -0.4 is 5.73 Å². The molecule has 5 nitrogen and oxygen atoms in total. The molecule has 8 heteroatoms. The predicted octanol–water partition coefficient (Wildman–Crippen LogP) is 1.63. The zero-order valence-electron chi connectivity index (χ0n) is 11.3. The molecule has 114 valence electrons. The topological polar surface area (TPSA) is 66.6 Å². The number of hydrogen-bond donors (Lipinski definition) is 1. The lowest BCUT2D eigenvalue weighted by Crippen LogP contribution is -2.46. The van der Waals surface area contributed by atoms with Crippen LogP contribution in [0, 0.1) is 0 Å². The second kappa shape index (κ2) is 8.05. The molecule has 2 N–H and O–H groups in total. The number of piperazine rings is 1. The van der Waals surface area contributed by atoms with Gasteiger partial charge in [-0.25, -0.2) is 8.42 Å². The summed E-state index contributed by atoms with van der Waals surface area (Å²) in [6.45, 7) is 2.63. The van der Waals surface area contributed by atoms with E-state index in [1.54, 1.807) is 24.3 Å². The third-order valence-electron chi connectivity index (χ3n) is 2.98. The number of nitrogen functional groups attached to an aromatic ring is 1. The summed E-state index contributed by atoms with van der Waals surface area (Å²) in [6.07, 6.45) is 0. The molecule has 1 aliphatic heterocycles. The van der Waals surface area contributed by atoms with E-state index in [0.29, 0.717) is 23.7 Å². The highest BCUT2D eigenvalue weighted by Gasteiger charge is 2.27. The zero-order chi connectivity index (χ0) is 15.2. The lowest BCUT2D eigenvalue weighted by atomic mass is 10.3. The van der Waals surface area contributed by atoms with Crippen molar-refractivity contribution in [2.24, 2.45) is 0 Å². The number of benzene rings is 1. The van der Waals surface area contributed by atoms with E-state index < -0.39 is 10.0 Å². The van der Waals surface area contributed by atoms with Crippen LogP contribution in [0.2, 0.25) is 0 Å². The normalized spacial score (nSPS) is 17.4. The number of alkyl halides is 2. The lowest BCUT2D eigenvalue weighted by molar-refractivity contribution is 0.222. The van der Waals surface area contributed by atoms with Crippen LogP contribution >= 0.6 is 23.2 Å². The van der Waals surface area contributed by atoms with Gasteiger partial charge in [0, 0.05) is 31.9 Å². The Morgan fingerprint density at radius 1 is 1.10 bits per heavy atom. The maximum Gasteiger partial charge on any atom is 0.243 e. The Kier molecular flexibility index (Phi) is 7.05. The summed E-state index contributed by atoms with van der Waals surface area (Å²) >= 11 is 9.53. The molecule has 0 aliphatic carbocycles. The van der Waals surface area contributed by atoms with Gasteiger partial charge in [-0.1, -0.05) is 0 Å². The Hall–Kier alpha value is -0.530. The number of rotatable bonds is 2. The van der Waals surface area contributed by atoms with E-state index in [9.17, 15) is 8.42 Å². The van der Waals surface area contributed by atoms with Crippen molar-refractivity contribution >= 4 is 38.9 Å². The van der Waals surface area contributed by atoms with Crippen molar-refractivity contribution in [1.82, 2.24) is 9.21 Å². The molecular formula is C12H19Cl2N3O2S. The second-order valence-electron chi connectivity index (χ2n) is 4.38. The third kappa shape index (κ3) is 4.79. The smallest absolute Gasteiger partial charge is 0.243 e. The highest BCUT2D eigenvalue weighted by Crippen LogP contribution is 2.18. The fourth-order valence-electron chi connectivity index (χ4n) is 1.82. The van der Waals surface area contributed by atoms with Crippen molar-refractivity contribution in [2.45, 2.75) is 4.90 Å². The summed E-state index contributed by atoms with van der Waals surface area (Å²) < 4.78 is 26.1. The molecule has 0 bridgehead atoms. The van der Waals surface area contributed by atoms with E-state index in [4.69, 9.17) is 28.9 Å². The summed E-state index contributed by atoms with van der Waals surface area (Å²) in [4.78, 5) is 2.44. The van der Waals surface area contributed by atoms with Crippen LogP contribution in [0.5, 0.6) is 0 Å². The van der Waals surface area contributed by atoms with Crippen molar-refractivity contribution < 1.29 is 8.42 Å². The van der Waals surface area contributed by atoms with E-state index >= 15 is 0 Å². The predicted molar refractivity (Wildman–Crippen MR) is 83.7 cm³/mol. The van der Waals surface area contributed by atoms with Crippen molar-refractivity contribution in [3.63, 3.8) is 0 Å². The Bertz CT molecular complexity index is 500. The molecular weight excluding hydrogens is 321 g/mol. The monoisotopic (exact) mass is 339 g/mol. The Morgan fingerprint density at radius 3 is 2.00 bits per heavy atom. The first-order valence-corrected chi connectivity index (χ1v) is 8.59. The highest BCUT2D eigenvalue weighted by molar-refractivity contribution is 7.89. The summed E-state index contributed by atoms with van der Waals surface area (Å²) in [7, 11) is -1.36. The van der Waals surface area contributed by atoms with Crippen molar-refractivity contribution in [3.05, 3.63) is 24.3 Å². The van der Waals surface area contributed by atoms with Gasteiger partial charge in [-0.3, -0.25) is 0 Å². The van der Waals surface area contributed by atoms with E-state index in [0.717, 1.165) is 13.1 Å². The SMILES string of the molecule is CN1CCN(S(=O)(=O)c2ccc(N)cc2)CC1.ClCCl. The number of likely N-dealkylation sites (N-methyl/N-ethyl adjacent to an activating group) is 1. The summed E-state index contributed by atoms with van der Waals surface area (Å²) in [5.74, 6) is 0. The average molecular weight is 340 g/mol. The molecule has 1 aliphatic rings. The van der Waals surface area contributed by atoms with Gasteiger partial charge in [-0.2, -0.15) is 4.31 Å². The maximum atomic E-state index is 12.3. The first-order valence-electron chi connectivity index (χ1n) is 6.08. The van der Waals surface area contributed by atoms with E-state index in [-0.39, 0.29) is 5.34 Å². The number of anilines is 1. The number of hydrogen-bond acceptors (Lipinski definition) is 4. The molecule has 1 fully saturated rings. The van der Waals surface area contributed by atoms with E-state index in [1.807, 2.05) is 7.05 Å². The Morgan fingerprint density at radius 2 is 1.55 bits per heavy atom. The molecule has 1 heterocycles. The van der Waals surface area contributed by atoms with E-state index in [1.165, 1.54) is 4.31 Å². The van der Waals surface area contributed by atoms with Crippen LogP contribution in [0.25, 0.3) is 0 Å². The first-order chi connectivity index (χ1) is 9.41. The van der Waals surface area contributed by atoms with Gasteiger partial charge in [0.15, 0.2) is 0 Å². The van der Waals surface area contributed by atoms with Gasteiger partial charge in [-0.05, 0) is 31.3 Å². The number of sulfonamides is 1. The van der Waals surface area contributed by atoms with Gasteiger partial charge in [0.1, 0.15) is 0 Å². The van der Waals surface area contributed by atoms with Crippen LogP contribution in [-0.2, 0) is 10.0 Å². The van der Waals surface area contributed by atoms with Gasteiger partial charge in [-0.15, -0.1) is 23.2 Å². The molecule has 0 radical (unpaired) electrons. The molecule has 0 amide bonds. The molecule has 0 aromatic heterocycles. The number of nitrogens with zero attached hydrogens (tertiary/aromatic N) is 2. The van der Waals surface area contributed by atoms with Crippen LogP contribution in [-0.4, -0.2) is 56.2 Å². The maximum absolute atomic E-state index is 12.3. The molecule has 2 rings (SSSR count). The molecule has 0 spiro atoms. The lowest BCUT2D eigenvalue weighted by Gasteiger charge is -2.31. The van der Waals surface area contributed by atoms with Gasteiger partial charge < -0.3 is 10.6 Å². The zero-order valence-corrected chi connectivity index (χ0v) is 13.6. The van der Waals surface area contributed by atoms with Crippen LogP contribution in [0.3, 0.4) is 0 Å². The van der Waals surface area contributed by atoms with Gasteiger partial charge in [0.25, 0.3) is 0 Å². The quantitative estimate of drug-likeness (QED) is 0.656. The van der Waals surface area contributed by atoms with Gasteiger partial charge >= 0.3 is 0 Å². The van der Waals surface area contributed by atoms with Crippen molar-refractivity contribution in [1.29, 1.82) is 0 Å². The summed E-state index contributed by atoms with van der Waals surface area (Å²) in [5.41, 5.74) is 6.12. The number of halogens is 2. The fraction of sp³-hybridized carbons (Fsp3) is 0.500. The average Bonchev–Trinajstić information content (AvgIpc) is 2.40. The van der Waals surface area contributed by atoms with Crippen molar-refractivity contribution in [2.75, 3.05) is 44.3 Å². The molecule has 1 saturated heterocycles. The highest BCUT2D eigenvalue weighted by atomic mass is 35.5. The first kappa shape index (κ1) is 17.5. The molecule has 0 unspecified atom stereocenters. The van der Waals surface area contributed by atoms with E-state index in [2.05, 4.69) is 4.90 Å². The van der Waals surface area contributed by atoms with Gasteiger partial charge in [0.2, 0.25) is 10.0 Å². The minimum absolute atomic E-state index is 0.194. The second-order valence-corrected chi connectivity index (χ2v) is 7.12. The van der Waals surface area contributed by atoms with Crippen molar-refractivity contribution in [3.8, 4) is 0 Å². The Labute approximate surface area is 130 Å². The van der Waals surface area contributed by atoms with Gasteiger partial charge in [0.05, 0.1) is 10.2 Å². The minimum Gasteiger partial charge on any atom is -0.399 e. The molecule has 20 heavy (non-hydrogen) atoms.